The van der Waals surface area contributed by atoms with E-state index in [4.69, 9.17) is 0 Å². The third-order valence-electron chi connectivity index (χ3n) is 19.3. The maximum absolute atomic E-state index is 3.93. The van der Waals surface area contributed by atoms with Crippen molar-refractivity contribution < 1.29 is 0 Å². The van der Waals surface area contributed by atoms with Crippen LogP contribution >= 0.6 is 0 Å². The average Bonchev–Trinajstić information content (AvgIpc) is 0.803. The number of fused-ring (bicyclic) bond motifs is 4. The maximum Gasteiger partial charge on any atom is 0.0540 e. The Hall–Kier alpha value is -12.5. The molecule has 0 aliphatic heterocycles. The fourth-order valence-corrected chi connectivity index (χ4v) is 14.4. The van der Waals surface area contributed by atoms with Crippen LogP contribution in [0.15, 0.2) is 383 Å². The molecule has 0 aliphatic rings. The quantitative estimate of drug-likeness (QED) is 0.0525. The van der Waals surface area contributed by atoms with Gasteiger partial charge in [0.2, 0.25) is 0 Å². The van der Waals surface area contributed by atoms with E-state index in [-0.39, 0.29) is 0 Å². The second kappa shape index (κ2) is 28.1. The summed E-state index contributed by atoms with van der Waals surface area (Å²) in [6, 6.07) is 135. The van der Waals surface area contributed by atoms with E-state index in [0.717, 1.165) is 121 Å². The van der Waals surface area contributed by atoms with Crippen molar-refractivity contribution in [1.82, 2.24) is 0 Å². The van der Waals surface area contributed by atoms with Crippen molar-refractivity contribution >= 4 is 111 Å². The Morgan fingerprint density at radius 1 is 0.212 bits per heavy atom. The van der Waals surface area contributed by atoms with Gasteiger partial charge >= 0.3 is 0 Å². The summed E-state index contributed by atoms with van der Waals surface area (Å²) in [4.78, 5) is 9.57. The van der Waals surface area contributed by atoms with E-state index < -0.39 is 0 Å². The Balaban J connectivity index is 0.681. The van der Waals surface area contributed by atoms with Crippen LogP contribution < -0.4 is 19.6 Å². The number of allylic oxidation sites excluding steroid dienone is 1. The monoisotopic (exact) mass is 1270 g/mol. The first kappa shape index (κ1) is 61.4. The molecule has 16 aromatic carbocycles. The molecule has 0 amide bonds. The molecule has 4 heteroatoms. The van der Waals surface area contributed by atoms with Crippen LogP contribution in [0.4, 0.5) is 68.2 Å². The number of benzene rings is 16. The lowest BCUT2D eigenvalue weighted by molar-refractivity contribution is 0.687. The summed E-state index contributed by atoms with van der Waals surface area (Å²) in [7, 11) is 0. The smallest absolute Gasteiger partial charge is 0.0540 e. The highest BCUT2D eigenvalue weighted by atomic mass is 15.2. The maximum atomic E-state index is 3.93. The predicted octanol–water partition coefficient (Wildman–Crippen LogP) is 27.5. The summed E-state index contributed by atoms with van der Waals surface area (Å²) in [5.41, 5.74) is 21.6. The first-order chi connectivity index (χ1) is 49.1. The number of rotatable bonds is 21. The Kier molecular flexibility index (Phi) is 17.4. The molecule has 0 unspecified atom stereocenters. The van der Waals surface area contributed by atoms with E-state index in [9.17, 15) is 0 Å². The average molecular weight is 1270 g/mol. The molecule has 0 saturated heterocycles. The van der Waals surface area contributed by atoms with Crippen LogP contribution in [0.1, 0.15) is 31.2 Å². The molecule has 0 fully saturated rings. The molecule has 16 rings (SSSR count). The highest BCUT2D eigenvalue weighted by Crippen LogP contribution is 2.46. The second-order valence-electron chi connectivity index (χ2n) is 25.5. The van der Waals surface area contributed by atoms with Crippen molar-refractivity contribution in [2.45, 2.75) is 32.1 Å². The molecule has 0 N–H and O–H groups in total. The van der Waals surface area contributed by atoms with Crippen LogP contribution in [-0.2, 0) is 6.42 Å². The van der Waals surface area contributed by atoms with Gasteiger partial charge in [-0.15, -0.1) is 6.58 Å². The van der Waals surface area contributed by atoms with Crippen molar-refractivity contribution in [1.29, 1.82) is 0 Å². The molecule has 0 radical (unpaired) electrons. The number of nitrogens with zero attached hydrogens (tertiary/aromatic N) is 4. The Morgan fingerprint density at radius 2 is 0.465 bits per heavy atom. The largest absolute Gasteiger partial charge is 0.310 e. The molecule has 16 aromatic rings. The van der Waals surface area contributed by atoms with Crippen LogP contribution in [0.25, 0.3) is 76.5 Å². The van der Waals surface area contributed by atoms with Crippen LogP contribution in [0.3, 0.4) is 0 Å². The molecule has 0 bridgehead atoms. The predicted molar refractivity (Wildman–Crippen MR) is 424 cm³/mol. The van der Waals surface area contributed by atoms with Crippen LogP contribution in [0.2, 0.25) is 0 Å². The molecule has 0 atom stereocenters. The lowest BCUT2D eigenvalue weighted by Gasteiger charge is -2.28. The van der Waals surface area contributed by atoms with Gasteiger partial charge in [0.1, 0.15) is 0 Å². The standard InChI is InChI=1S/C95H74N4/c1-2-3-4-5-7-23-69-24-18-35-87(68-69)99(95-43-22-32-79-28-13-17-39-91(79)95)86-66-54-75(55-67-86)74-52-64-85(65-53-74)98(94-42-21-31-78-27-12-16-38-90(78)94)84-62-50-73(51-63-84)72-48-60-83(61-49-72)97(93-41-20-30-77-26-11-15-37-89(77)93)82-58-46-71(47-59-82)70-44-56-81(57-45-70)96(80-33-8-6-9-34-80)92-40-19-29-76-25-10-14-36-88(76)92/h2,6,8-22,24-68H,1,3-5,7,23H2. The van der Waals surface area contributed by atoms with Gasteiger partial charge in [-0.05, 0) is 207 Å². The summed E-state index contributed by atoms with van der Waals surface area (Å²) in [6.07, 6.45) is 7.70. The highest BCUT2D eigenvalue weighted by molar-refractivity contribution is 6.03. The third-order valence-corrected chi connectivity index (χ3v) is 19.3. The van der Waals surface area contributed by atoms with Gasteiger partial charge in [0.25, 0.3) is 0 Å². The van der Waals surface area contributed by atoms with Gasteiger partial charge in [-0.2, -0.15) is 0 Å². The van der Waals surface area contributed by atoms with E-state index in [1.54, 1.807) is 0 Å². The zero-order valence-corrected chi connectivity index (χ0v) is 55.3. The highest BCUT2D eigenvalue weighted by Gasteiger charge is 2.22. The van der Waals surface area contributed by atoms with Gasteiger partial charge in [-0.1, -0.05) is 261 Å². The molecular formula is C95H74N4. The minimum atomic E-state index is 1.05. The Labute approximate surface area is 581 Å². The van der Waals surface area contributed by atoms with Crippen molar-refractivity contribution in [3.63, 3.8) is 0 Å². The number of unbranched alkanes of at least 4 members (excludes halogenated alkanes) is 3. The van der Waals surface area contributed by atoms with Gasteiger partial charge in [0, 0.05) is 67.0 Å². The third kappa shape index (κ3) is 12.7. The zero-order valence-electron chi connectivity index (χ0n) is 55.3. The second-order valence-corrected chi connectivity index (χ2v) is 25.5. The number of para-hydroxylation sites is 1. The lowest BCUT2D eigenvalue weighted by Crippen LogP contribution is -2.11. The zero-order chi connectivity index (χ0) is 66.3. The number of hydrogen-bond acceptors (Lipinski definition) is 4. The summed E-state index contributed by atoms with van der Waals surface area (Å²) in [6.45, 7) is 3.93. The van der Waals surface area contributed by atoms with E-state index in [1.165, 1.54) is 61.5 Å². The van der Waals surface area contributed by atoms with Crippen molar-refractivity contribution in [2.75, 3.05) is 19.6 Å². The molecular weight excluding hydrogens is 1200 g/mol. The number of anilines is 12. The molecule has 0 saturated carbocycles. The first-order valence-electron chi connectivity index (χ1n) is 34.5. The molecule has 474 valence electrons. The van der Waals surface area contributed by atoms with E-state index in [1.807, 2.05) is 6.08 Å². The summed E-state index contributed by atoms with van der Waals surface area (Å²) < 4.78 is 0. The summed E-state index contributed by atoms with van der Waals surface area (Å²) in [5, 5.41) is 9.62. The number of aryl methyl sites for hydroxylation is 1. The van der Waals surface area contributed by atoms with Crippen LogP contribution in [0.5, 0.6) is 0 Å². The minimum absolute atomic E-state index is 1.05. The molecule has 0 aliphatic carbocycles. The van der Waals surface area contributed by atoms with E-state index in [2.05, 4.69) is 396 Å². The van der Waals surface area contributed by atoms with E-state index in [0.29, 0.717) is 0 Å². The molecule has 4 nitrogen and oxygen atoms in total. The van der Waals surface area contributed by atoms with Gasteiger partial charge in [-0.3, -0.25) is 0 Å². The van der Waals surface area contributed by atoms with Crippen molar-refractivity contribution in [2.24, 2.45) is 0 Å². The molecule has 0 heterocycles. The minimum Gasteiger partial charge on any atom is -0.310 e. The fraction of sp³-hybridized carbons (Fsp3) is 0.0526. The Morgan fingerprint density at radius 3 is 0.778 bits per heavy atom. The van der Waals surface area contributed by atoms with Crippen LogP contribution in [0, 0.1) is 0 Å². The summed E-state index contributed by atoms with van der Waals surface area (Å²) >= 11 is 0. The van der Waals surface area contributed by atoms with Gasteiger partial charge in [-0.25, -0.2) is 0 Å². The van der Waals surface area contributed by atoms with E-state index >= 15 is 0 Å². The van der Waals surface area contributed by atoms with Gasteiger partial charge < -0.3 is 19.6 Å². The van der Waals surface area contributed by atoms with Crippen molar-refractivity contribution in [3.8, 4) is 33.4 Å². The molecule has 99 heavy (non-hydrogen) atoms. The number of hydrogen-bond donors (Lipinski definition) is 0. The topological polar surface area (TPSA) is 13.0 Å². The van der Waals surface area contributed by atoms with Gasteiger partial charge in [0.05, 0.1) is 22.7 Å². The Bertz CT molecular complexity index is 5450. The van der Waals surface area contributed by atoms with Gasteiger partial charge in [0.15, 0.2) is 0 Å². The molecule has 0 aromatic heterocycles. The van der Waals surface area contributed by atoms with Crippen molar-refractivity contribution in [3.05, 3.63) is 388 Å². The first-order valence-corrected chi connectivity index (χ1v) is 34.5. The SMILES string of the molecule is C=CCCCCCc1cccc(N(c2ccc(-c3ccc(N(c4ccc(-c5ccc(N(c6ccc(-c7ccc(N(c8ccccc8)c8cccc9ccccc89)cc7)cc6)c6cccc7ccccc67)cc5)cc4)c4cccc5ccccc45)cc3)cc2)c2cccc3ccccc23)c1. The molecule has 0 spiro atoms. The normalized spacial score (nSPS) is 11.3. The van der Waals surface area contributed by atoms with Crippen LogP contribution in [-0.4, -0.2) is 0 Å². The summed E-state index contributed by atoms with van der Waals surface area (Å²) in [5.74, 6) is 0. The lowest BCUT2D eigenvalue weighted by atomic mass is 10.0. The fourth-order valence-electron chi connectivity index (χ4n) is 14.4.